The third-order valence-corrected chi connectivity index (χ3v) is 5.51. The molecule has 2 saturated carbocycles. The summed E-state index contributed by atoms with van der Waals surface area (Å²) in [5.74, 6) is 2.72. The maximum absolute atomic E-state index is 4.02. The largest absolute Gasteiger partial charge is 0.311 e. The van der Waals surface area contributed by atoms with Gasteiger partial charge >= 0.3 is 0 Å². The van der Waals surface area contributed by atoms with E-state index in [1.54, 1.807) is 0 Å². The molecule has 2 rings (SSSR count). The van der Waals surface area contributed by atoms with Crippen LogP contribution in [0.3, 0.4) is 0 Å². The molecule has 0 aromatic rings. The maximum Gasteiger partial charge on any atom is 0.0100 e. The summed E-state index contributed by atoms with van der Waals surface area (Å²) in [5, 5.41) is 4.02. The minimum absolute atomic E-state index is 0.745. The molecule has 0 aromatic carbocycles. The molecule has 18 heavy (non-hydrogen) atoms. The van der Waals surface area contributed by atoms with Gasteiger partial charge in [0.2, 0.25) is 0 Å². The molecule has 2 aliphatic rings. The quantitative estimate of drug-likeness (QED) is 0.759. The van der Waals surface area contributed by atoms with Crippen LogP contribution in [0.15, 0.2) is 0 Å². The number of rotatable bonds is 4. The molecule has 0 radical (unpaired) electrons. The van der Waals surface area contributed by atoms with Crippen LogP contribution in [0.2, 0.25) is 0 Å². The Hall–Kier alpha value is -0.0400. The Bertz CT molecular complexity index is 230. The van der Waals surface area contributed by atoms with Gasteiger partial charge < -0.3 is 5.32 Å². The zero-order chi connectivity index (χ0) is 13.0. The van der Waals surface area contributed by atoms with Crippen LogP contribution in [-0.2, 0) is 0 Å². The Morgan fingerprint density at radius 1 is 0.778 bits per heavy atom. The van der Waals surface area contributed by atoms with Crippen LogP contribution in [0.5, 0.6) is 0 Å². The standard InChI is InChI=1S/C17H33N/c1-13(2)16-11-7-8-12-17(16)18-14(3)15-9-5-4-6-10-15/h13-18H,4-12H2,1-3H3/t14-,16?,17?/m0/s1. The van der Waals surface area contributed by atoms with Crippen molar-refractivity contribution >= 4 is 0 Å². The Balaban J connectivity index is 1.85. The zero-order valence-electron chi connectivity index (χ0n) is 12.8. The normalized spacial score (nSPS) is 32.7. The predicted molar refractivity (Wildman–Crippen MR) is 79.8 cm³/mol. The van der Waals surface area contributed by atoms with Gasteiger partial charge in [-0.3, -0.25) is 0 Å². The van der Waals surface area contributed by atoms with E-state index in [0.29, 0.717) is 0 Å². The second-order valence-corrected chi connectivity index (χ2v) is 7.15. The van der Waals surface area contributed by atoms with Gasteiger partial charge in [-0.25, -0.2) is 0 Å². The van der Waals surface area contributed by atoms with Crippen molar-refractivity contribution in [3.05, 3.63) is 0 Å². The summed E-state index contributed by atoms with van der Waals surface area (Å²) in [6.45, 7) is 7.27. The fourth-order valence-corrected chi connectivity index (χ4v) is 4.27. The highest BCUT2D eigenvalue weighted by Crippen LogP contribution is 2.32. The van der Waals surface area contributed by atoms with Gasteiger partial charge in [0.05, 0.1) is 0 Å². The fourth-order valence-electron chi connectivity index (χ4n) is 4.27. The first kappa shape index (κ1) is 14.4. The van der Waals surface area contributed by atoms with Crippen molar-refractivity contribution in [1.29, 1.82) is 0 Å². The summed E-state index contributed by atoms with van der Waals surface area (Å²) in [6, 6.07) is 1.55. The molecule has 0 aromatic heterocycles. The summed E-state index contributed by atoms with van der Waals surface area (Å²) in [4.78, 5) is 0. The SMILES string of the molecule is CC(C)C1CCCCC1N[C@@H](C)C1CCCCC1. The van der Waals surface area contributed by atoms with E-state index in [4.69, 9.17) is 0 Å². The van der Waals surface area contributed by atoms with Crippen LogP contribution in [-0.4, -0.2) is 12.1 Å². The average Bonchev–Trinajstić information content (AvgIpc) is 2.40. The van der Waals surface area contributed by atoms with Gasteiger partial charge in [0.1, 0.15) is 0 Å². The second-order valence-electron chi connectivity index (χ2n) is 7.15. The van der Waals surface area contributed by atoms with Crippen LogP contribution in [0, 0.1) is 17.8 Å². The molecule has 0 spiro atoms. The molecule has 0 amide bonds. The summed E-state index contributed by atoms with van der Waals surface area (Å²) in [7, 11) is 0. The lowest BCUT2D eigenvalue weighted by molar-refractivity contribution is 0.168. The first-order valence-electron chi connectivity index (χ1n) is 8.44. The third-order valence-electron chi connectivity index (χ3n) is 5.51. The van der Waals surface area contributed by atoms with Gasteiger partial charge in [-0.2, -0.15) is 0 Å². The third kappa shape index (κ3) is 3.73. The van der Waals surface area contributed by atoms with Crippen molar-refractivity contribution in [2.75, 3.05) is 0 Å². The number of hydrogen-bond acceptors (Lipinski definition) is 1. The molecular formula is C17H33N. The highest BCUT2D eigenvalue weighted by molar-refractivity contribution is 4.87. The van der Waals surface area contributed by atoms with E-state index in [2.05, 4.69) is 26.1 Å². The number of hydrogen-bond donors (Lipinski definition) is 1. The van der Waals surface area contributed by atoms with Crippen molar-refractivity contribution in [3.63, 3.8) is 0 Å². The maximum atomic E-state index is 4.02. The van der Waals surface area contributed by atoms with Crippen molar-refractivity contribution in [1.82, 2.24) is 5.32 Å². The van der Waals surface area contributed by atoms with Crippen LogP contribution < -0.4 is 5.32 Å². The van der Waals surface area contributed by atoms with E-state index in [0.717, 1.165) is 29.8 Å². The topological polar surface area (TPSA) is 12.0 Å². The second kappa shape index (κ2) is 6.93. The lowest BCUT2D eigenvalue weighted by atomic mass is 9.76. The van der Waals surface area contributed by atoms with E-state index in [1.165, 1.54) is 57.8 Å². The monoisotopic (exact) mass is 251 g/mol. The lowest BCUT2D eigenvalue weighted by Crippen LogP contribution is -2.47. The Labute approximate surface area is 114 Å². The molecule has 1 nitrogen and oxygen atoms in total. The Morgan fingerprint density at radius 3 is 2.06 bits per heavy atom. The van der Waals surface area contributed by atoms with Gasteiger partial charge in [0, 0.05) is 12.1 Å². The zero-order valence-corrected chi connectivity index (χ0v) is 12.8. The molecule has 2 unspecified atom stereocenters. The van der Waals surface area contributed by atoms with Crippen molar-refractivity contribution in [2.24, 2.45) is 17.8 Å². The number of nitrogens with one attached hydrogen (secondary N) is 1. The fraction of sp³-hybridized carbons (Fsp3) is 1.00. The van der Waals surface area contributed by atoms with Crippen LogP contribution in [0.4, 0.5) is 0 Å². The van der Waals surface area contributed by atoms with E-state index in [9.17, 15) is 0 Å². The summed E-state index contributed by atoms with van der Waals surface area (Å²) < 4.78 is 0. The summed E-state index contributed by atoms with van der Waals surface area (Å²) >= 11 is 0. The summed E-state index contributed by atoms with van der Waals surface area (Å²) in [6.07, 6.45) is 13.1. The molecule has 1 heteroatoms. The van der Waals surface area contributed by atoms with Crippen LogP contribution in [0.1, 0.15) is 78.6 Å². The van der Waals surface area contributed by atoms with Gasteiger partial charge in [-0.1, -0.05) is 46.0 Å². The molecule has 2 aliphatic carbocycles. The molecule has 0 bridgehead atoms. The molecule has 0 saturated heterocycles. The minimum Gasteiger partial charge on any atom is -0.311 e. The Kier molecular flexibility index (Phi) is 5.54. The van der Waals surface area contributed by atoms with Crippen LogP contribution in [0.25, 0.3) is 0 Å². The van der Waals surface area contributed by atoms with Crippen molar-refractivity contribution in [2.45, 2.75) is 90.6 Å². The molecule has 0 aliphatic heterocycles. The first-order valence-corrected chi connectivity index (χ1v) is 8.44. The average molecular weight is 251 g/mol. The van der Waals surface area contributed by atoms with E-state index >= 15 is 0 Å². The van der Waals surface area contributed by atoms with Gasteiger partial charge in [-0.15, -0.1) is 0 Å². The predicted octanol–water partition coefficient (Wildman–Crippen LogP) is 4.76. The molecule has 106 valence electrons. The minimum atomic E-state index is 0.745. The van der Waals surface area contributed by atoms with Gasteiger partial charge in [0.15, 0.2) is 0 Å². The molecule has 3 atom stereocenters. The first-order chi connectivity index (χ1) is 8.68. The highest BCUT2D eigenvalue weighted by Gasteiger charge is 2.30. The van der Waals surface area contributed by atoms with Gasteiger partial charge in [0.25, 0.3) is 0 Å². The van der Waals surface area contributed by atoms with E-state index in [1.807, 2.05) is 0 Å². The summed E-state index contributed by atoms with van der Waals surface area (Å²) in [5.41, 5.74) is 0. The molecular weight excluding hydrogens is 218 g/mol. The van der Waals surface area contributed by atoms with Crippen molar-refractivity contribution in [3.8, 4) is 0 Å². The van der Waals surface area contributed by atoms with Crippen LogP contribution >= 0.6 is 0 Å². The molecule has 2 fully saturated rings. The molecule has 1 N–H and O–H groups in total. The van der Waals surface area contributed by atoms with E-state index < -0.39 is 0 Å². The van der Waals surface area contributed by atoms with Crippen molar-refractivity contribution < 1.29 is 0 Å². The smallest absolute Gasteiger partial charge is 0.0100 e. The highest BCUT2D eigenvalue weighted by atomic mass is 15.0. The lowest BCUT2D eigenvalue weighted by Gasteiger charge is -2.39. The van der Waals surface area contributed by atoms with E-state index in [-0.39, 0.29) is 0 Å². The molecule has 0 heterocycles. The Morgan fingerprint density at radius 2 is 1.39 bits per heavy atom. The van der Waals surface area contributed by atoms with Gasteiger partial charge in [-0.05, 0) is 50.4 Å².